The minimum Gasteiger partial charge on any atom is -0.298 e. The molecule has 0 fully saturated rings. The number of carbonyl (C=O) groups excluding carboxylic acids is 1. The smallest absolute Gasteiger partial charge is 0.268 e. The number of hydrogen-bond acceptors (Lipinski definition) is 4. The van der Waals surface area contributed by atoms with E-state index in [-0.39, 0.29) is 17.9 Å². The first-order valence-corrected chi connectivity index (χ1v) is 5.86. The minimum absolute atomic E-state index is 0.0673. The summed E-state index contributed by atoms with van der Waals surface area (Å²) in [6.45, 7) is 1.51. The molecule has 14 heavy (non-hydrogen) atoms. The Bertz CT molecular complexity index is 416. The maximum atomic E-state index is 11.6. The Hall–Kier alpha value is -0.620. The molecule has 1 aromatic rings. The van der Waals surface area contributed by atoms with Crippen LogP contribution in [-0.4, -0.2) is 21.6 Å². The normalized spacial score (nSPS) is 10.2. The van der Waals surface area contributed by atoms with Gasteiger partial charge in [0.15, 0.2) is 5.16 Å². The molecule has 0 amide bonds. The van der Waals surface area contributed by atoms with Gasteiger partial charge in [-0.1, -0.05) is 11.8 Å². The van der Waals surface area contributed by atoms with Gasteiger partial charge in [0.2, 0.25) is 0 Å². The SMILES string of the molecule is CSc1ncc(Br)c(=O)n1CC(C)=O. The molecule has 1 aromatic heterocycles. The lowest BCUT2D eigenvalue weighted by atomic mass is 10.4. The first kappa shape index (κ1) is 11.5. The zero-order chi connectivity index (χ0) is 10.7. The molecule has 0 saturated carbocycles. The fraction of sp³-hybridized carbons (Fsp3) is 0.375. The van der Waals surface area contributed by atoms with Gasteiger partial charge in [0.05, 0.1) is 6.54 Å². The Morgan fingerprint density at radius 2 is 2.36 bits per heavy atom. The van der Waals surface area contributed by atoms with Crippen LogP contribution in [0.15, 0.2) is 20.6 Å². The summed E-state index contributed by atoms with van der Waals surface area (Å²) in [5, 5.41) is 0.549. The fourth-order valence-corrected chi connectivity index (χ4v) is 1.82. The number of Topliss-reactive ketones (excluding diaryl/α,β-unsaturated/α-hetero) is 1. The van der Waals surface area contributed by atoms with E-state index in [1.807, 2.05) is 6.26 Å². The second-order valence-electron chi connectivity index (χ2n) is 2.69. The van der Waals surface area contributed by atoms with E-state index in [1.165, 1.54) is 29.4 Å². The van der Waals surface area contributed by atoms with E-state index in [0.717, 1.165) is 0 Å². The van der Waals surface area contributed by atoms with Crippen LogP contribution in [-0.2, 0) is 11.3 Å². The van der Waals surface area contributed by atoms with Crippen molar-refractivity contribution in [2.24, 2.45) is 0 Å². The summed E-state index contributed by atoms with van der Waals surface area (Å²) in [4.78, 5) is 26.6. The van der Waals surface area contributed by atoms with Crippen LogP contribution >= 0.6 is 27.7 Å². The van der Waals surface area contributed by atoms with Crippen molar-refractivity contribution in [2.45, 2.75) is 18.6 Å². The lowest BCUT2D eigenvalue weighted by Crippen LogP contribution is -2.26. The fourth-order valence-electron chi connectivity index (χ4n) is 0.978. The number of thioether (sulfide) groups is 1. The molecule has 0 aliphatic carbocycles. The molecule has 0 spiro atoms. The first-order chi connectivity index (χ1) is 6.56. The standard InChI is InChI=1S/C8H9BrN2O2S/c1-5(12)4-11-7(13)6(9)3-10-8(11)14-2/h3H,4H2,1-2H3. The molecule has 0 bridgehead atoms. The molecular formula is C8H9BrN2O2S. The van der Waals surface area contributed by atoms with Crippen LogP contribution in [0.4, 0.5) is 0 Å². The van der Waals surface area contributed by atoms with Crippen LogP contribution < -0.4 is 5.56 Å². The third-order valence-corrected chi connectivity index (χ3v) is 2.77. The molecule has 0 N–H and O–H groups in total. The minimum atomic E-state index is -0.223. The summed E-state index contributed by atoms with van der Waals surface area (Å²) in [6, 6.07) is 0. The van der Waals surface area contributed by atoms with Gasteiger partial charge in [-0.25, -0.2) is 4.98 Å². The highest BCUT2D eigenvalue weighted by molar-refractivity contribution is 9.10. The van der Waals surface area contributed by atoms with Crippen molar-refractivity contribution in [2.75, 3.05) is 6.26 Å². The largest absolute Gasteiger partial charge is 0.298 e. The molecular weight excluding hydrogens is 268 g/mol. The molecule has 0 atom stereocenters. The van der Waals surface area contributed by atoms with Gasteiger partial charge in [0.1, 0.15) is 10.3 Å². The summed E-state index contributed by atoms with van der Waals surface area (Å²) in [5.74, 6) is -0.0673. The zero-order valence-corrected chi connectivity index (χ0v) is 10.2. The van der Waals surface area contributed by atoms with Crippen LogP contribution in [0.25, 0.3) is 0 Å². The highest BCUT2D eigenvalue weighted by atomic mass is 79.9. The van der Waals surface area contributed by atoms with E-state index < -0.39 is 0 Å². The number of hydrogen-bond donors (Lipinski definition) is 0. The number of rotatable bonds is 3. The van der Waals surface area contributed by atoms with Gasteiger partial charge in [-0.3, -0.25) is 14.2 Å². The maximum Gasteiger partial charge on any atom is 0.268 e. The Labute approximate surface area is 93.9 Å². The second kappa shape index (κ2) is 4.75. The second-order valence-corrected chi connectivity index (χ2v) is 4.31. The lowest BCUT2D eigenvalue weighted by Gasteiger charge is -2.07. The van der Waals surface area contributed by atoms with Crippen molar-refractivity contribution in [3.63, 3.8) is 0 Å². The van der Waals surface area contributed by atoms with Crippen LogP contribution in [0.2, 0.25) is 0 Å². The van der Waals surface area contributed by atoms with Crippen LogP contribution in [0.1, 0.15) is 6.92 Å². The molecule has 76 valence electrons. The first-order valence-electron chi connectivity index (χ1n) is 3.85. The maximum absolute atomic E-state index is 11.6. The molecule has 0 aliphatic heterocycles. The van der Waals surface area contributed by atoms with Crippen molar-refractivity contribution in [3.8, 4) is 0 Å². The molecule has 0 aliphatic rings. The average Bonchev–Trinajstić information content (AvgIpc) is 2.13. The quantitative estimate of drug-likeness (QED) is 0.617. The predicted molar refractivity (Wildman–Crippen MR) is 58.7 cm³/mol. The highest BCUT2D eigenvalue weighted by Crippen LogP contribution is 2.11. The summed E-state index contributed by atoms with van der Waals surface area (Å²) < 4.78 is 1.73. The van der Waals surface area contributed by atoms with Crippen molar-refractivity contribution >= 4 is 33.5 Å². The van der Waals surface area contributed by atoms with E-state index >= 15 is 0 Å². The summed E-state index contributed by atoms with van der Waals surface area (Å²) in [6.07, 6.45) is 3.26. The van der Waals surface area contributed by atoms with Crippen molar-refractivity contribution in [1.82, 2.24) is 9.55 Å². The number of halogens is 1. The Morgan fingerprint density at radius 1 is 1.71 bits per heavy atom. The van der Waals surface area contributed by atoms with Gasteiger partial charge in [0, 0.05) is 6.20 Å². The number of ketones is 1. The molecule has 4 nitrogen and oxygen atoms in total. The van der Waals surface area contributed by atoms with Crippen LogP contribution in [0.5, 0.6) is 0 Å². The number of aromatic nitrogens is 2. The number of carbonyl (C=O) groups is 1. The van der Waals surface area contributed by atoms with Gasteiger partial charge in [-0.15, -0.1) is 0 Å². The van der Waals surface area contributed by atoms with Crippen molar-refractivity contribution in [3.05, 3.63) is 21.0 Å². The van der Waals surface area contributed by atoms with Gasteiger partial charge < -0.3 is 0 Å². The number of nitrogens with zero attached hydrogens (tertiary/aromatic N) is 2. The molecule has 0 unspecified atom stereocenters. The third kappa shape index (κ3) is 2.45. The van der Waals surface area contributed by atoms with Crippen LogP contribution in [0, 0.1) is 0 Å². The average molecular weight is 277 g/mol. The van der Waals surface area contributed by atoms with Crippen LogP contribution in [0.3, 0.4) is 0 Å². The summed E-state index contributed by atoms with van der Waals surface area (Å²) in [5.41, 5.74) is -0.223. The summed E-state index contributed by atoms with van der Waals surface area (Å²) >= 11 is 4.42. The molecule has 1 heterocycles. The van der Waals surface area contributed by atoms with E-state index in [1.54, 1.807) is 0 Å². The summed E-state index contributed by atoms with van der Waals surface area (Å²) in [7, 11) is 0. The van der Waals surface area contributed by atoms with Gasteiger partial charge >= 0.3 is 0 Å². The Kier molecular flexibility index (Phi) is 3.88. The highest BCUT2D eigenvalue weighted by Gasteiger charge is 2.09. The van der Waals surface area contributed by atoms with Crippen molar-refractivity contribution < 1.29 is 4.79 Å². The monoisotopic (exact) mass is 276 g/mol. The molecule has 0 radical (unpaired) electrons. The van der Waals surface area contributed by atoms with E-state index in [9.17, 15) is 9.59 Å². The molecule has 6 heteroatoms. The van der Waals surface area contributed by atoms with Gasteiger partial charge in [-0.05, 0) is 29.1 Å². The lowest BCUT2D eigenvalue weighted by molar-refractivity contribution is -0.117. The topological polar surface area (TPSA) is 52.0 Å². The van der Waals surface area contributed by atoms with E-state index in [4.69, 9.17) is 0 Å². The molecule has 1 rings (SSSR count). The van der Waals surface area contributed by atoms with E-state index in [0.29, 0.717) is 9.63 Å². The molecule has 0 saturated heterocycles. The predicted octanol–water partition coefficient (Wildman–Crippen LogP) is 1.32. The van der Waals surface area contributed by atoms with Gasteiger partial charge in [0.25, 0.3) is 5.56 Å². The molecule has 0 aromatic carbocycles. The Morgan fingerprint density at radius 3 is 2.86 bits per heavy atom. The van der Waals surface area contributed by atoms with E-state index in [2.05, 4.69) is 20.9 Å². The zero-order valence-electron chi connectivity index (χ0n) is 7.78. The van der Waals surface area contributed by atoms with Gasteiger partial charge in [-0.2, -0.15) is 0 Å². The van der Waals surface area contributed by atoms with Crippen molar-refractivity contribution in [1.29, 1.82) is 0 Å². The third-order valence-electron chi connectivity index (χ3n) is 1.53. The Balaban J connectivity index is 3.28.